The molecule has 164 valence electrons. The zero-order valence-electron chi connectivity index (χ0n) is 17.6. The summed E-state index contributed by atoms with van der Waals surface area (Å²) in [5, 5.41) is 14.8. The molecule has 0 spiro atoms. The number of carbonyl (C=O) groups excluding carboxylic acids is 1. The second kappa shape index (κ2) is 9.13. The van der Waals surface area contributed by atoms with Crippen LogP contribution in [0.1, 0.15) is 47.4 Å². The molecule has 2 aromatic carbocycles. The molecule has 1 heterocycles. The monoisotopic (exact) mass is 434 g/mol. The summed E-state index contributed by atoms with van der Waals surface area (Å²) in [5.41, 5.74) is 1.48. The van der Waals surface area contributed by atoms with E-state index in [9.17, 15) is 19.3 Å². The number of nitro groups is 1. The van der Waals surface area contributed by atoms with Crippen molar-refractivity contribution < 1.29 is 14.1 Å². The summed E-state index contributed by atoms with van der Waals surface area (Å²) in [5.74, 6) is -0.719. The number of anilines is 1. The van der Waals surface area contributed by atoms with Crippen LogP contribution < -0.4 is 5.32 Å². The van der Waals surface area contributed by atoms with Gasteiger partial charge in [-0.3, -0.25) is 19.9 Å². The van der Waals surface area contributed by atoms with E-state index in [2.05, 4.69) is 10.3 Å². The molecule has 1 aliphatic rings. The molecule has 1 fully saturated rings. The fraction of sp³-hybridized carbons (Fsp3) is 0.250. The topological polar surface area (TPSA) is 88.4 Å². The lowest BCUT2D eigenvalue weighted by Gasteiger charge is -2.23. The van der Waals surface area contributed by atoms with Gasteiger partial charge in [-0.2, -0.15) is 0 Å². The average Bonchev–Trinajstić information content (AvgIpc) is 3.64. The molecule has 1 N–H and O–H groups in total. The quantitative estimate of drug-likeness (QED) is 0.393. The van der Waals surface area contributed by atoms with E-state index in [1.165, 1.54) is 12.1 Å². The zero-order valence-corrected chi connectivity index (χ0v) is 17.6. The van der Waals surface area contributed by atoms with Crippen molar-refractivity contribution in [3.8, 4) is 0 Å². The minimum atomic E-state index is -0.511. The molecule has 1 amide bonds. The molecule has 0 saturated heterocycles. The van der Waals surface area contributed by atoms with Crippen LogP contribution in [0.4, 0.5) is 15.8 Å². The summed E-state index contributed by atoms with van der Waals surface area (Å²) in [6, 6.07) is 16.0. The molecule has 8 heteroatoms. The molecule has 3 aromatic rings. The lowest BCUT2D eigenvalue weighted by Crippen LogP contribution is -2.33. The molecule has 1 saturated carbocycles. The van der Waals surface area contributed by atoms with Crippen LogP contribution in [0.15, 0.2) is 66.9 Å². The Labute approximate surface area is 185 Å². The number of hydrogen-bond donors (Lipinski definition) is 1. The molecule has 0 aliphatic heterocycles. The van der Waals surface area contributed by atoms with Gasteiger partial charge in [-0.1, -0.05) is 24.3 Å². The van der Waals surface area contributed by atoms with E-state index in [1.54, 1.807) is 47.5 Å². The van der Waals surface area contributed by atoms with E-state index in [1.807, 2.05) is 19.1 Å². The first-order valence-electron chi connectivity index (χ1n) is 10.4. The number of nitrogens with one attached hydrogen (secondary N) is 1. The standard InChI is InChI=1S/C24H23FN4O3/c1-16(21-8-4-5-13-26-21)27-22-12-9-17(14-23(22)29(31)32)24(30)28(19-10-11-19)15-18-6-2-3-7-20(18)25/h2-9,12-14,16,19,27H,10-11,15H2,1H3. The van der Waals surface area contributed by atoms with E-state index in [0.717, 1.165) is 18.5 Å². The Kier molecular flexibility index (Phi) is 6.11. The molecule has 0 bridgehead atoms. The molecule has 1 aliphatic carbocycles. The number of pyridine rings is 1. The van der Waals surface area contributed by atoms with Gasteiger partial charge in [-0.05, 0) is 50.1 Å². The third kappa shape index (κ3) is 4.74. The largest absolute Gasteiger partial charge is 0.371 e. The van der Waals surface area contributed by atoms with Gasteiger partial charge in [0.15, 0.2) is 0 Å². The van der Waals surface area contributed by atoms with Crippen molar-refractivity contribution in [3.05, 3.63) is 99.6 Å². The van der Waals surface area contributed by atoms with Crippen LogP contribution in [0.5, 0.6) is 0 Å². The maximum atomic E-state index is 14.1. The van der Waals surface area contributed by atoms with Gasteiger partial charge in [0.1, 0.15) is 11.5 Å². The Hall–Kier alpha value is -3.81. The second-order valence-corrected chi connectivity index (χ2v) is 7.87. The zero-order chi connectivity index (χ0) is 22.7. The summed E-state index contributed by atoms with van der Waals surface area (Å²) < 4.78 is 14.1. The molecule has 1 atom stereocenters. The van der Waals surface area contributed by atoms with E-state index in [4.69, 9.17) is 0 Å². The SMILES string of the molecule is CC(Nc1ccc(C(=O)N(Cc2ccccc2F)C2CC2)cc1[N+](=O)[O-])c1ccccn1. The first-order valence-corrected chi connectivity index (χ1v) is 10.4. The molecule has 7 nitrogen and oxygen atoms in total. The first kappa shape index (κ1) is 21.4. The Morgan fingerprint density at radius 2 is 1.97 bits per heavy atom. The summed E-state index contributed by atoms with van der Waals surface area (Å²) >= 11 is 0. The molecule has 1 unspecified atom stereocenters. The number of amides is 1. The van der Waals surface area contributed by atoms with Gasteiger partial charge in [0.2, 0.25) is 0 Å². The van der Waals surface area contributed by atoms with Crippen LogP contribution in [-0.2, 0) is 6.54 Å². The van der Waals surface area contributed by atoms with Gasteiger partial charge in [-0.15, -0.1) is 0 Å². The van der Waals surface area contributed by atoms with Gasteiger partial charge in [0.05, 0.1) is 16.7 Å². The van der Waals surface area contributed by atoms with Crippen molar-refractivity contribution in [2.24, 2.45) is 0 Å². The molecule has 0 radical (unpaired) electrons. The van der Waals surface area contributed by atoms with Crippen LogP contribution in [-0.4, -0.2) is 26.8 Å². The number of nitro benzene ring substituents is 1. The third-order valence-electron chi connectivity index (χ3n) is 5.49. The lowest BCUT2D eigenvalue weighted by atomic mass is 10.1. The smallest absolute Gasteiger partial charge is 0.293 e. The van der Waals surface area contributed by atoms with Crippen molar-refractivity contribution in [1.29, 1.82) is 0 Å². The minimum Gasteiger partial charge on any atom is -0.371 e. The van der Waals surface area contributed by atoms with Crippen LogP contribution in [0.2, 0.25) is 0 Å². The van der Waals surface area contributed by atoms with Crippen molar-refractivity contribution in [2.45, 2.75) is 38.4 Å². The molecule has 1 aromatic heterocycles. The highest BCUT2D eigenvalue weighted by molar-refractivity contribution is 5.96. The number of benzene rings is 2. The van der Waals surface area contributed by atoms with Gasteiger partial charge in [0, 0.05) is 36.0 Å². The summed E-state index contributed by atoms with van der Waals surface area (Å²) in [7, 11) is 0. The normalized spacial score (nSPS) is 13.9. The van der Waals surface area contributed by atoms with Crippen molar-refractivity contribution in [2.75, 3.05) is 5.32 Å². The maximum absolute atomic E-state index is 14.1. The molecular weight excluding hydrogens is 411 g/mol. The number of halogens is 1. The fourth-order valence-electron chi connectivity index (χ4n) is 3.61. The Bertz CT molecular complexity index is 1140. The van der Waals surface area contributed by atoms with Crippen LogP contribution in [0.25, 0.3) is 0 Å². The van der Waals surface area contributed by atoms with Gasteiger partial charge in [-0.25, -0.2) is 4.39 Å². The van der Waals surface area contributed by atoms with Crippen LogP contribution >= 0.6 is 0 Å². The first-order chi connectivity index (χ1) is 15.4. The third-order valence-corrected chi connectivity index (χ3v) is 5.49. The van der Waals surface area contributed by atoms with E-state index in [0.29, 0.717) is 11.3 Å². The van der Waals surface area contributed by atoms with E-state index in [-0.39, 0.29) is 41.6 Å². The number of hydrogen-bond acceptors (Lipinski definition) is 5. The van der Waals surface area contributed by atoms with E-state index < -0.39 is 4.92 Å². The molecular formula is C24H23FN4O3. The highest BCUT2D eigenvalue weighted by Gasteiger charge is 2.34. The fourth-order valence-corrected chi connectivity index (χ4v) is 3.61. The average molecular weight is 434 g/mol. The molecule has 4 rings (SSSR count). The number of aromatic nitrogens is 1. The Morgan fingerprint density at radius 3 is 2.62 bits per heavy atom. The van der Waals surface area contributed by atoms with E-state index >= 15 is 0 Å². The number of nitrogens with zero attached hydrogens (tertiary/aromatic N) is 3. The molecule has 32 heavy (non-hydrogen) atoms. The Morgan fingerprint density at radius 1 is 1.22 bits per heavy atom. The van der Waals surface area contributed by atoms with Crippen LogP contribution in [0.3, 0.4) is 0 Å². The predicted molar refractivity (Wildman–Crippen MR) is 119 cm³/mol. The van der Waals surface area contributed by atoms with Gasteiger partial charge < -0.3 is 10.2 Å². The van der Waals surface area contributed by atoms with Gasteiger partial charge in [0.25, 0.3) is 11.6 Å². The van der Waals surface area contributed by atoms with Crippen molar-refractivity contribution >= 4 is 17.3 Å². The van der Waals surface area contributed by atoms with Crippen molar-refractivity contribution in [3.63, 3.8) is 0 Å². The summed E-state index contributed by atoms with van der Waals surface area (Å²) in [6.07, 6.45) is 3.33. The highest BCUT2D eigenvalue weighted by Crippen LogP contribution is 2.33. The second-order valence-electron chi connectivity index (χ2n) is 7.87. The number of rotatable bonds is 8. The highest BCUT2D eigenvalue weighted by atomic mass is 19.1. The number of carbonyl (C=O) groups is 1. The summed E-state index contributed by atoms with van der Waals surface area (Å²) in [4.78, 5) is 30.3. The lowest BCUT2D eigenvalue weighted by molar-refractivity contribution is -0.384. The van der Waals surface area contributed by atoms with Gasteiger partial charge >= 0.3 is 0 Å². The van der Waals surface area contributed by atoms with Crippen molar-refractivity contribution in [1.82, 2.24) is 9.88 Å². The summed E-state index contributed by atoms with van der Waals surface area (Å²) in [6.45, 7) is 1.98. The predicted octanol–water partition coefficient (Wildman–Crippen LogP) is 5.11. The Balaban J connectivity index is 1.59. The van der Waals surface area contributed by atoms with Crippen LogP contribution in [0, 0.1) is 15.9 Å². The maximum Gasteiger partial charge on any atom is 0.293 e. The minimum absolute atomic E-state index is 0.0168.